The topological polar surface area (TPSA) is 55.1 Å². The van der Waals surface area contributed by atoms with Gasteiger partial charge in [0.05, 0.1) is 5.92 Å². The molecule has 0 fully saturated rings. The molecule has 0 radical (unpaired) electrons. The predicted octanol–water partition coefficient (Wildman–Crippen LogP) is 1.26. The Balaban J connectivity index is 2.51. The molecule has 0 aliphatic rings. The number of hydrogen-bond donors (Lipinski definition) is 2. The van der Waals surface area contributed by atoms with Crippen LogP contribution < -0.4 is 11.1 Å². The number of unbranched alkanes of at least 4 members (excludes halogenated alkanes) is 1. The van der Waals surface area contributed by atoms with Gasteiger partial charge in [0.15, 0.2) is 0 Å². The molecule has 1 unspecified atom stereocenters. The molecule has 0 saturated heterocycles. The van der Waals surface area contributed by atoms with Crippen molar-refractivity contribution >= 4 is 5.91 Å². The molecule has 0 aliphatic heterocycles. The third kappa shape index (κ3) is 4.29. The van der Waals surface area contributed by atoms with Crippen LogP contribution in [-0.4, -0.2) is 19.0 Å². The van der Waals surface area contributed by atoms with E-state index in [0.717, 1.165) is 12.0 Å². The maximum atomic E-state index is 11.9. The summed E-state index contributed by atoms with van der Waals surface area (Å²) in [5.74, 6) is 2.23. The zero-order valence-electron chi connectivity index (χ0n) is 9.86. The zero-order valence-corrected chi connectivity index (χ0v) is 9.86. The Hall–Kier alpha value is -1.79. The van der Waals surface area contributed by atoms with Gasteiger partial charge in [-0.05, 0) is 12.0 Å². The van der Waals surface area contributed by atoms with Crippen LogP contribution in [0, 0.1) is 12.3 Å². The van der Waals surface area contributed by atoms with E-state index in [1.165, 1.54) is 0 Å². The Morgan fingerprint density at radius 1 is 1.41 bits per heavy atom. The number of carbonyl (C=O) groups excluding carboxylic acids is 1. The SMILES string of the molecule is C#CCCCNC(=O)C(CN)c1ccccc1. The van der Waals surface area contributed by atoms with Gasteiger partial charge in [-0.1, -0.05) is 30.3 Å². The molecule has 0 aromatic heterocycles. The molecular formula is C14H18N2O. The summed E-state index contributed by atoms with van der Waals surface area (Å²) in [6, 6.07) is 9.56. The number of amides is 1. The molecule has 3 heteroatoms. The smallest absolute Gasteiger partial charge is 0.228 e. The lowest BCUT2D eigenvalue weighted by molar-refractivity contribution is -0.122. The first-order valence-corrected chi connectivity index (χ1v) is 5.75. The zero-order chi connectivity index (χ0) is 12.5. The van der Waals surface area contributed by atoms with Crippen LogP contribution in [0.25, 0.3) is 0 Å². The van der Waals surface area contributed by atoms with Crippen LogP contribution >= 0.6 is 0 Å². The average molecular weight is 230 g/mol. The van der Waals surface area contributed by atoms with Crippen LogP contribution in [0.2, 0.25) is 0 Å². The van der Waals surface area contributed by atoms with Gasteiger partial charge in [-0.3, -0.25) is 4.79 Å². The molecule has 0 bridgehead atoms. The molecule has 1 aromatic rings. The van der Waals surface area contributed by atoms with E-state index < -0.39 is 0 Å². The Bertz CT molecular complexity index is 381. The number of nitrogens with two attached hydrogens (primary N) is 1. The molecule has 90 valence electrons. The number of rotatable bonds is 6. The highest BCUT2D eigenvalue weighted by Gasteiger charge is 2.17. The van der Waals surface area contributed by atoms with Gasteiger partial charge in [0.1, 0.15) is 0 Å². The molecule has 3 nitrogen and oxygen atoms in total. The van der Waals surface area contributed by atoms with Crippen molar-refractivity contribution in [3.8, 4) is 12.3 Å². The van der Waals surface area contributed by atoms with Gasteiger partial charge < -0.3 is 11.1 Å². The lowest BCUT2D eigenvalue weighted by Gasteiger charge is -2.14. The van der Waals surface area contributed by atoms with E-state index in [2.05, 4.69) is 11.2 Å². The predicted molar refractivity (Wildman–Crippen MR) is 69.3 cm³/mol. The average Bonchev–Trinajstić information content (AvgIpc) is 2.37. The number of benzene rings is 1. The maximum Gasteiger partial charge on any atom is 0.228 e. The highest BCUT2D eigenvalue weighted by atomic mass is 16.1. The summed E-state index contributed by atoms with van der Waals surface area (Å²) in [4.78, 5) is 11.9. The van der Waals surface area contributed by atoms with Gasteiger partial charge in [0.25, 0.3) is 0 Å². The fourth-order valence-corrected chi connectivity index (χ4v) is 1.61. The minimum Gasteiger partial charge on any atom is -0.355 e. The van der Waals surface area contributed by atoms with E-state index >= 15 is 0 Å². The van der Waals surface area contributed by atoms with Crippen molar-refractivity contribution in [2.75, 3.05) is 13.1 Å². The molecule has 0 saturated carbocycles. The fourth-order valence-electron chi connectivity index (χ4n) is 1.61. The van der Waals surface area contributed by atoms with E-state index in [1.807, 2.05) is 30.3 Å². The minimum absolute atomic E-state index is 0.0317. The highest BCUT2D eigenvalue weighted by molar-refractivity contribution is 5.83. The fraction of sp³-hybridized carbons (Fsp3) is 0.357. The van der Waals surface area contributed by atoms with Crippen LogP contribution in [0.5, 0.6) is 0 Å². The number of nitrogens with one attached hydrogen (secondary N) is 1. The standard InChI is InChI=1S/C14H18N2O/c1-2-3-7-10-16-14(17)13(11-15)12-8-5-4-6-9-12/h1,4-6,8-9,13H,3,7,10-11,15H2,(H,16,17). The van der Waals surface area contributed by atoms with Crippen molar-refractivity contribution in [3.05, 3.63) is 35.9 Å². The molecular weight excluding hydrogens is 212 g/mol. The molecule has 0 spiro atoms. The molecule has 1 rings (SSSR count). The highest BCUT2D eigenvalue weighted by Crippen LogP contribution is 2.13. The Labute approximate surface area is 102 Å². The molecule has 1 amide bonds. The van der Waals surface area contributed by atoms with Crippen molar-refractivity contribution < 1.29 is 4.79 Å². The molecule has 17 heavy (non-hydrogen) atoms. The van der Waals surface area contributed by atoms with Gasteiger partial charge in [-0.2, -0.15) is 0 Å². The lowest BCUT2D eigenvalue weighted by Crippen LogP contribution is -2.34. The van der Waals surface area contributed by atoms with Gasteiger partial charge in [0.2, 0.25) is 5.91 Å². The molecule has 3 N–H and O–H groups in total. The first-order valence-electron chi connectivity index (χ1n) is 5.75. The number of terminal acetylenes is 1. The van der Waals surface area contributed by atoms with Gasteiger partial charge >= 0.3 is 0 Å². The van der Waals surface area contributed by atoms with Crippen LogP contribution in [-0.2, 0) is 4.79 Å². The molecule has 0 aliphatic carbocycles. The van der Waals surface area contributed by atoms with Crippen molar-refractivity contribution in [3.63, 3.8) is 0 Å². The second-order valence-electron chi connectivity index (χ2n) is 3.80. The van der Waals surface area contributed by atoms with Crippen LogP contribution in [0.15, 0.2) is 30.3 Å². The van der Waals surface area contributed by atoms with Gasteiger partial charge in [-0.25, -0.2) is 0 Å². The van der Waals surface area contributed by atoms with E-state index in [1.54, 1.807) is 0 Å². The summed E-state index contributed by atoms with van der Waals surface area (Å²) in [6.45, 7) is 0.914. The van der Waals surface area contributed by atoms with Gasteiger partial charge in [-0.15, -0.1) is 12.3 Å². The summed E-state index contributed by atoms with van der Waals surface area (Å²) >= 11 is 0. The third-order valence-electron chi connectivity index (χ3n) is 2.55. The van der Waals surface area contributed by atoms with Gasteiger partial charge in [0, 0.05) is 19.5 Å². The number of carbonyl (C=O) groups is 1. The van der Waals surface area contributed by atoms with E-state index in [0.29, 0.717) is 19.5 Å². The van der Waals surface area contributed by atoms with Crippen LogP contribution in [0.1, 0.15) is 24.3 Å². The Morgan fingerprint density at radius 2 is 2.12 bits per heavy atom. The normalized spacial score (nSPS) is 11.5. The summed E-state index contributed by atoms with van der Waals surface area (Å²) in [7, 11) is 0. The third-order valence-corrected chi connectivity index (χ3v) is 2.55. The van der Waals surface area contributed by atoms with Crippen molar-refractivity contribution in [2.24, 2.45) is 5.73 Å². The van der Waals surface area contributed by atoms with Crippen molar-refractivity contribution in [1.29, 1.82) is 0 Å². The van der Waals surface area contributed by atoms with E-state index in [9.17, 15) is 4.79 Å². The summed E-state index contributed by atoms with van der Waals surface area (Å²) < 4.78 is 0. The van der Waals surface area contributed by atoms with E-state index in [4.69, 9.17) is 12.2 Å². The van der Waals surface area contributed by atoms with Crippen molar-refractivity contribution in [1.82, 2.24) is 5.32 Å². The first kappa shape index (κ1) is 13.3. The first-order chi connectivity index (χ1) is 8.29. The molecule has 1 aromatic carbocycles. The Morgan fingerprint density at radius 3 is 2.71 bits per heavy atom. The second kappa shape index (κ2) is 7.48. The monoisotopic (exact) mass is 230 g/mol. The van der Waals surface area contributed by atoms with Crippen molar-refractivity contribution in [2.45, 2.75) is 18.8 Å². The lowest BCUT2D eigenvalue weighted by atomic mass is 9.98. The van der Waals surface area contributed by atoms with E-state index in [-0.39, 0.29) is 11.8 Å². The number of hydrogen-bond acceptors (Lipinski definition) is 2. The molecule has 0 heterocycles. The Kier molecular flexibility index (Phi) is 5.84. The minimum atomic E-state index is -0.276. The van der Waals surface area contributed by atoms with Crippen LogP contribution in [0.4, 0.5) is 0 Å². The largest absolute Gasteiger partial charge is 0.355 e. The summed E-state index contributed by atoms with van der Waals surface area (Å²) in [5.41, 5.74) is 6.59. The molecule has 1 atom stereocenters. The van der Waals surface area contributed by atoms with Crippen LogP contribution in [0.3, 0.4) is 0 Å². The maximum absolute atomic E-state index is 11.9. The summed E-state index contributed by atoms with van der Waals surface area (Å²) in [5, 5.41) is 2.85. The second-order valence-corrected chi connectivity index (χ2v) is 3.80. The summed E-state index contributed by atoms with van der Waals surface area (Å²) in [6.07, 6.45) is 6.62. The quantitative estimate of drug-likeness (QED) is 0.571.